The largest absolute Gasteiger partial charge is 0.481 e. The third kappa shape index (κ3) is 5.31. The van der Waals surface area contributed by atoms with Crippen LogP contribution in [-0.4, -0.2) is 50.5 Å². The number of hydrogen-bond acceptors (Lipinski definition) is 5. The number of sulfonamides is 1. The average Bonchev–Trinajstić information content (AvgIpc) is 2.67. The number of ether oxygens (including phenoxy) is 2. The number of rotatable bonds is 6. The second-order valence-electron chi connectivity index (χ2n) is 6.87. The molecule has 0 unspecified atom stereocenters. The van der Waals surface area contributed by atoms with E-state index in [0.29, 0.717) is 18.8 Å². The van der Waals surface area contributed by atoms with Crippen LogP contribution < -0.4 is 10.1 Å². The lowest BCUT2D eigenvalue weighted by Crippen LogP contribution is -2.48. The van der Waals surface area contributed by atoms with Crippen molar-refractivity contribution >= 4 is 21.6 Å². The lowest BCUT2D eigenvalue weighted by molar-refractivity contribution is -0.118. The van der Waals surface area contributed by atoms with E-state index in [1.54, 1.807) is 6.07 Å². The fraction of sp³-hybridized carbons (Fsp3) is 0.350. The minimum absolute atomic E-state index is 0.0157. The highest BCUT2D eigenvalue weighted by Gasteiger charge is 2.32. The molecule has 1 aliphatic heterocycles. The van der Waals surface area contributed by atoms with Crippen LogP contribution in [0.15, 0.2) is 53.4 Å². The van der Waals surface area contributed by atoms with Gasteiger partial charge in [0, 0.05) is 18.8 Å². The highest BCUT2D eigenvalue weighted by atomic mass is 32.2. The quantitative estimate of drug-likeness (QED) is 0.774. The van der Waals surface area contributed by atoms with E-state index in [1.807, 2.05) is 13.8 Å². The number of morpholine rings is 1. The fourth-order valence-electron chi connectivity index (χ4n) is 3.09. The lowest BCUT2D eigenvalue weighted by Gasteiger charge is -2.34. The van der Waals surface area contributed by atoms with Crippen LogP contribution >= 0.6 is 0 Å². The number of carbonyl (C=O) groups excluding carboxylic acids is 1. The number of benzene rings is 2. The van der Waals surface area contributed by atoms with Crippen molar-refractivity contribution in [2.24, 2.45) is 0 Å². The summed E-state index contributed by atoms with van der Waals surface area (Å²) in [6.07, 6.45) is -0.358. The third-order valence-electron chi connectivity index (χ3n) is 4.36. The van der Waals surface area contributed by atoms with Crippen molar-refractivity contribution in [3.63, 3.8) is 0 Å². The molecule has 9 heteroatoms. The van der Waals surface area contributed by atoms with Crippen LogP contribution in [0.3, 0.4) is 0 Å². The fourth-order valence-corrected chi connectivity index (χ4v) is 4.68. The van der Waals surface area contributed by atoms with Crippen molar-refractivity contribution in [2.45, 2.75) is 31.0 Å². The van der Waals surface area contributed by atoms with E-state index in [1.165, 1.54) is 46.8 Å². The van der Waals surface area contributed by atoms with Gasteiger partial charge in [-0.1, -0.05) is 12.1 Å². The zero-order chi connectivity index (χ0) is 21.0. The second kappa shape index (κ2) is 8.89. The van der Waals surface area contributed by atoms with Gasteiger partial charge in [0.1, 0.15) is 0 Å². The average molecular weight is 422 g/mol. The van der Waals surface area contributed by atoms with Crippen LogP contribution in [0.2, 0.25) is 0 Å². The van der Waals surface area contributed by atoms with Crippen molar-refractivity contribution in [3.8, 4) is 5.75 Å². The van der Waals surface area contributed by atoms with Crippen molar-refractivity contribution in [2.75, 3.05) is 25.0 Å². The van der Waals surface area contributed by atoms with Crippen molar-refractivity contribution < 1.29 is 27.1 Å². The summed E-state index contributed by atoms with van der Waals surface area (Å²) in [6, 6.07) is 11.7. The van der Waals surface area contributed by atoms with Crippen molar-refractivity contribution in [1.29, 1.82) is 0 Å². The maximum atomic E-state index is 13.5. The number of para-hydroxylation sites is 1. The summed E-state index contributed by atoms with van der Waals surface area (Å²) < 4.78 is 51.3. The first-order chi connectivity index (χ1) is 13.8. The molecule has 0 bridgehead atoms. The number of hydrogen-bond donors (Lipinski definition) is 1. The van der Waals surface area contributed by atoms with Crippen LogP contribution in [0.4, 0.5) is 10.1 Å². The maximum absolute atomic E-state index is 13.5. The van der Waals surface area contributed by atoms with Gasteiger partial charge in [-0.25, -0.2) is 12.8 Å². The lowest BCUT2D eigenvalue weighted by atomic mass is 10.3. The van der Waals surface area contributed by atoms with E-state index >= 15 is 0 Å². The van der Waals surface area contributed by atoms with Gasteiger partial charge in [0.15, 0.2) is 18.2 Å². The van der Waals surface area contributed by atoms with Crippen molar-refractivity contribution in [3.05, 3.63) is 54.3 Å². The van der Waals surface area contributed by atoms with Crippen LogP contribution in [-0.2, 0) is 19.6 Å². The Bertz CT molecular complexity index is 955. The zero-order valence-corrected chi connectivity index (χ0v) is 17.0. The summed E-state index contributed by atoms with van der Waals surface area (Å²) in [6.45, 7) is 3.88. The number of amides is 1. The molecule has 0 aromatic heterocycles. The molecule has 7 nitrogen and oxygen atoms in total. The smallest absolute Gasteiger partial charge is 0.262 e. The van der Waals surface area contributed by atoms with Crippen molar-refractivity contribution in [1.82, 2.24) is 4.31 Å². The standard InChI is InChI=1S/C20H23FN2O5S/c1-14-11-23(12-15(2)28-14)29(25,26)17-9-7-16(8-10-17)22-20(24)13-27-19-6-4-3-5-18(19)21/h3-10,14-15H,11-13H2,1-2H3,(H,22,24)/t14-,15-/m1/s1. The first kappa shape index (κ1) is 21.2. The maximum Gasteiger partial charge on any atom is 0.262 e. The van der Waals surface area contributed by atoms with Gasteiger partial charge in [0.25, 0.3) is 5.91 Å². The topological polar surface area (TPSA) is 84.9 Å². The van der Waals surface area contributed by atoms with Gasteiger partial charge in [-0.3, -0.25) is 4.79 Å². The Morgan fingerprint density at radius 3 is 2.38 bits per heavy atom. The Morgan fingerprint density at radius 2 is 1.76 bits per heavy atom. The highest BCUT2D eigenvalue weighted by Crippen LogP contribution is 2.22. The van der Waals surface area contributed by atoms with E-state index < -0.39 is 21.7 Å². The van der Waals surface area contributed by atoms with Crippen LogP contribution in [0.5, 0.6) is 5.75 Å². The number of nitrogens with zero attached hydrogens (tertiary/aromatic N) is 1. The molecule has 2 aromatic carbocycles. The molecule has 1 saturated heterocycles. The van der Waals surface area contributed by atoms with Crippen LogP contribution in [0.1, 0.15) is 13.8 Å². The van der Waals surface area contributed by atoms with E-state index in [0.717, 1.165) is 0 Å². The Labute approximate surface area is 169 Å². The van der Waals surface area contributed by atoms with Gasteiger partial charge in [-0.05, 0) is 50.2 Å². The Hall–Kier alpha value is -2.49. The predicted octanol–water partition coefficient (Wildman–Crippen LogP) is 2.64. The molecule has 0 aliphatic carbocycles. The predicted molar refractivity (Wildman–Crippen MR) is 106 cm³/mol. The molecule has 3 rings (SSSR count). The molecule has 1 amide bonds. The third-order valence-corrected chi connectivity index (χ3v) is 6.20. The van der Waals surface area contributed by atoms with E-state index in [4.69, 9.17) is 9.47 Å². The SMILES string of the molecule is C[C@@H]1CN(S(=O)(=O)c2ccc(NC(=O)COc3ccccc3F)cc2)C[C@@H](C)O1. The van der Waals surface area contributed by atoms with Crippen LogP contribution in [0.25, 0.3) is 0 Å². The Kier molecular flexibility index (Phi) is 6.51. The summed E-state index contributed by atoms with van der Waals surface area (Å²) >= 11 is 0. The number of nitrogens with one attached hydrogen (secondary N) is 1. The monoisotopic (exact) mass is 422 g/mol. The molecule has 1 fully saturated rings. The molecule has 1 N–H and O–H groups in total. The minimum atomic E-state index is -3.65. The van der Waals surface area contributed by atoms with Gasteiger partial charge >= 0.3 is 0 Å². The Morgan fingerprint density at radius 1 is 1.14 bits per heavy atom. The van der Waals surface area contributed by atoms with Gasteiger partial charge in [-0.2, -0.15) is 4.31 Å². The molecule has 0 saturated carbocycles. The number of halogens is 1. The summed E-state index contributed by atoms with van der Waals surface area (Å²) in [5.74, 6) is -1.06. The van der Waals surface area contributed by atoms with Gasteiger partial charge in [0.05, 0.1) is 17.1 Å². The van der Waals surface area contributed by atoms with Gasteiger partial charge in [-0.15, -0.1) is 0 Å². The molecule has 2 atom stereocenters. The summed E-state index contributed by atoms with van der Waals surface area (Å²) in [5, 5.41) is 2.59. The van der Waals surface area contributed by atoms with E-state index in [2.05, 4.69) is 5.32 Å². The molecule has 1 aliphatic rings. The zero-order valence-electron chi connectivity index (χ0n) is 16.2. The summed E-state index contributed by atoms with van der Waals surface area (Å²) in [5.41, 5.74) is 0.412. The van der Waals surface area contributed by atoms with E-state index in [9.17, 15) is 17.6 Å². The second-order valence-corrected chi connectivity index (χ2v) is 8.81. The highest BCUT2D eigenvalue weighted by molar-refractivity contribution is 7.89. The molecule has 1 heterocycles. The van der Waals surface area contributed by atoms with Gasteiger partial charge < -0.3 is 14.8 Å². The van der Waals surface area contributed by atoms with Gasteiger partial charge in [0.2, 0.25) is 10.0 Å². The summed E-state index contributed by atoms with van der Waals surface area (Å²) in [7, 11) is -3.65. The molecule has 0 spiro atoms. The molecule has 156 valence electrons. The molecular formula is C20H23FN2O5S. The minimum Gasteiger partial charge on any atom is -0.481 e. The molecule has 0 radical (unpaired) electrons. The molecule has 29 heavy (non-hydrogen) atoms. The van der Waals surface area contributed by atoms with Crippen LogP contribution in [0, 0.1) is 5.82 Å². The summed E-state index contributed by atoms with van der Waals surface area (Å²) in [4.78, 5) is 12.1. The normalized spacial score (nSPS) is 20.2. The molecular weight excluding hydrogens is 399 g/mol. The first-order valence-corrected chi connectivity index (χ1v) is 10.6. The Balaban J connectivity index is 1.61. The first-order valence-electron chi connectivity index (χ1n) is 9.18. The van der Waals surface area contributed by atoms with E-state index in [-0.39, 0.29) is 29.5 Å². The number of carbonyl (C=O) groups is 1. The number of anilines is 1. The molecule has 2 aromatic rings.